The summed E-state index contributed by atoms with van der Waals surface area (Å²) in [6.07, 6.45) is 6.38. The summed E-state index contributed by atoms with van der Waals surface area (Å²) in [5, 5.41) is 7.01. The standard InChI is InChI=1S/C22H38N4O.HI/c1-5-23-21(24-17-19-10-9-11-20(16-19)26(3)4)25-18-22(12-7-8-13-22)14-15-27-6-2;/h9-11,16H,5-8,12-15,17-18H2,1-4H3,(H2,23,24,25);1H. The van der Waals surface area contributed by atoms with E-state index in [1.165, 1.54) is 36.9 Å². The molecule has 1 aromatic rings. The highest BCUT2D eigenvalue weighted by Crippen LogP contribution is 2.40. The molecule has 1 fully saturated rings. The largest absolute Gasteiger partial charge is 0.382 e. The molecule has 2 rings (SSSR count). The molecule has 0 unspecified atom stereocenters. The quantitative estimate of drug-likeness (QED) is 0.215. The van der Waals surface area contributed by atoms with Crippen LogP contribution < -0.4 is 15.5 Å². The van der Waals surface area contributed by atoms with E-state index in [1.807, 2.05) is 0 Å². The molecular formula is C22H39IN4O. The van der Waals surface area contributed by atoms with Crippen molar-refractivity contribution in [2.75, 3.05) is 45.3 Å². The summed E-state index contributed by atoms with van der Waals surface area (Å²) in [5.74, 6) is 0.912. The number of nitrogens with one attached hydrogen (secondary N) is 2. The van der Waals surface area contributed by atoms with Gasteiger partial charge in [0.2, 0.25) is 0 Å². The van der Waals surface area contributed by atoms with Crippen molar-refractivity contribution in [2.24, 2.45) is 10.4 Å². The van der Waals surface area contributed by atoms with Crippen LogP contribution in [0.5, 0.6) is 0 Å². The molecule has 28 heavy (non-hydrogen) atoms. The molecule has 160 valence electrons. The Kier molecular flexibility index (Phi) is 11.8. The summed E-state index contributed by atoms with van der Waals surface area (Å²) < 4.78 is 5.63. The number of hydrogen-bond acceptors (Lipinski definition) is 3. The van der Waals surface area contributed by atoms with Crippen LogP contribution in [0.25, 0.3) is 0 Å². The van der Waals surface area contributed by atoms with Gasteiger partial charge >= 0.3 is 0 Å². The molecular weight excluding hydrogens is 463 g/mol. The lowest BCUT2D eigenvalue weighted by atomic mass is 9.83. The number of nitrogens with zero attached hydrogens (tertiary/aromatic N) is 2. The molecule has 0 atom stereocenters. The average Bonchev–Trinajstić information content (AvgIpc) is 3.13. The Hall–Kier alpha value is -1.02. The van der Waals surface area contributed by atoms with Gasteiger partial charge in [-0.05, 0) is 56.2 Å². The highest BCUT2D eigenvalue weighted by molar-refractivity contribution is 14.0. The van der Waals surface area contributed by atoms with Gasteiger partial charge in [0.25, 0.3) is 0 Å². The third-order valence-electron chi connectivity index (χ3n) is 5.47. The first-order chi connectivity index (χ1) is 13.1. The average molecular weight is 502 g/mol. The van der Waals surface area contributed by atoms with Crippen molar-refractivity contribution >= 4 is 35.6 Å². The third-order valence-corrected chi connectivity index (χ3v) is 5.47. The van der Waals surface area contributed by atoms with E-state index in [4.69, 9.17) is 9.73 Å². The molecule has 0 spiro atoms. The minimum Gasteiger partial charge on any atom is -0.382 e. The molecule has 6 heteroatoms. The lowest BCUT2D eigenvalue weighted by molar-refractivity contribution is 0.105. The molecule has 0 aromatic heterocycles. The molecule has 0 heterocycles. The molecule has 1 aliphatic carbocycles. The van der Waals surface area contributed by atoms with Gasteiger partial charge < -0.3 is 20.3 Å². The second kappa shape index (κ2) is 13.2. The molecule has 1 saturated carbocycles. The summed E-state index contributed by atoms with van der Waals surface area (Å²) >= 11 is 0. The number of ether oxygens (including phenoxy) is 1. The zero-order valence-electron chi connectivity index (χ0n) is 18.1. The van der Waals surface area contributed by atoms with E-state index in [9.17, 15) is 0 Å². The Morgan fingerprint density at radius 1 is 1.18 bits per heavy atom. The van der Waals surface area contributed by atoms with Crippen molar-refractivity contribution in [3.05, 3.63) is 29.8 Å². The smallest absolute Gasteiger partial charge is 0.191 e. The lowest BCUT2D eigenvalue weighted by Gasteiger charge is -2.30. The Bertz CT molecular complexity index is 586. The van der Waals surface area contributed by atoms with Gasteiger partial charge in [-0.3, -0.25) is 0 Å². The van der Waals surface area contributed by atoms with Gasteiger partial charge in [-0.25, -0.2) is 4.99 Å². The number of hydrogen-bond donors (Lipinski definition) is 2. The Morgan fingerprint density at radius 2 is 1.93 bits per heavy atom. The van der Waals surface area contributed by atoms with Gasteiger partial charge in [-0.15, -0.1) is 24.0 Å². The van der Waals surface area contributed by atoms with Crippen LogP contribution in [0.1, 0.15) is 51.5 Å². The highest BCUT2D eigenvalue weighted by Gasteiger charge is 2.33. The van der Waals surface area contributed by atoms with E-state index in [0.29, 0.717) is 12.0 Å². The number of rotatable bonds is 10. The fourth-order valence-corrected chi connectivity index (χ4v) is 3.79. The minimum absolute atomic E-state index is 0. The predicted molar refractivity (Wildman–Crippen MR) is 131 cm³/mol. The van der Waals surface area contributed by atoms with Crippen LogP contribution in [0.4, 0.5) is 5.69 Å². The monoisotopic (exact) mass is 502 g/mol. The van der Waals surface area contributed by atoms with Gasteiger partial charge in [0, 0.05) is 46.1 Å². The van der Waals surface area contributed by atoms with E-state index in [-0.39, 0.29) is 24.0 Å². The van der Waals surface area contributed by atoms with Crippen LogP contribution in [0.2, 0.25) is 0 Å². The minimum atomic E-state index is 0. The Balaban J connectivity index is 0.00000392. The van der Waals surface area contributed by atoms with Crippen LogP contribution in [-0.2, 0) is 11.3 Å². The molecule has 1 aromatic carbocycles. The first-order valence-electron chi connectivity index (χ1n) is 10.4. The molecule has 0 aliphatic heterocycles. The van der Waals surface area contributed by atoms with E-state index in [0.717, 1.165) is 38.7 Å². The summed E-state index contributed by atoms with van der Waals surface area (Å²) in [6.45, 7) is 8.38. The maximum atomic E-state index is 5.63. The van der Waals surface area contributed by atoms with E-state index >= 15 is 0 Å². The van der Waals surface area contributed by atoms with Crippen LogP contribution in [0.15, 0.2) is 29.3 Å². The van der Waals surface area contributed by atoms with Gasteiger partial charge in [0.15, 0.2) is 5.96 Å². The second-order valence-corrected chi connectivity index (χ2v) is 7.77. The van der Waals surface area contributed by atoms with Crippen LogP contribution in [0, 0.1) is 5.41 Å². The van der Waals surface area contributed by atoms with Crippen molar-refractivity contribution in [1.29, 1.82) is 0 Å². The highest BCUT2D eigenvalue weighted by atomic mass is 127. The summed E-state index contributed by atoms with van der Waals surface area (Å²) in [6, 6.07) is 8.56. The lowest BCUT2D eigenvalue weighted by Crippen LogP contribution is -2.43. The number of halogens is 1. The topological polar surface area (TPSA) is 48.9 Å². The number of anilines is 1. The molecule has 2 N–H and O–H groups in total. The Labute approximate surface area is 188 Å². The summed E-state index contributed by atoms with van der Waals surface area (Å²) in [7, 11) is 4.13. The summed E-state index contributed by atoms with van der Waals surface area (Å²) in [4.78, 5) is 6.94. The van der Waals surface area contributed by atoms with Crippen LogP contribution in [-0.4, -0.2) is 46.4 Å². The van der Waals surface area contributed by atoms with Crippen molar-refractivity contribution in [1.82, 2.24) is 10.6 Å². The maximum Gasteiger partial charge on any atom is 0.191 e. The van der Waals surface area contributed by atoms with E-state index < -0.39 is 0 Å². The number of aliphatic imine (C=N–C) groups is 1. The van der Waals surface area contributed by atoms with Crippen molar-refractivity contribution in [3.8, 4) is 0 Å². The molecule has 0 saturated heterocycles. The summed E-state index contributed by atoms with van der Waals surface area (Å²) in [5.41, 5.74) is 2.79. The van der Waals surface area contributed by atoms with Crippen molar-refractivity contribution in [3.63, 3.8) is 0 Å². The third kappa shape index (κ3) is 8.15. The van der Waals surface area contributed by atoms with E-state index in [2.05, 4.69) is 67.7 Å². The fourth-order valence-electron chi connectivity index (χ4n) is 3.79. The molecule has 1 aliphatic rings. The second-order valence-electron chi connectivity index (χ2n) is 7.77. The predicted octanol–water partition coefficient (Wildman–Crippen LogP) is 4.41. The molecule has 0 amide bonds. The van der Waals surface area contributed by atoms with E-state index in [1.54, 1.807) is 0 Å². The van der Waals surface area contributed by atoms with Gasteiger partial charge in [-0.2, -0.15) is 0 Å². The van der Waals surface area contributed by atoms with Gasteiger partial charge in [0.1, 0.15) is 0 Å². The zero-order valence-corrected chi connectivity index (χ0v) is 20.4. The van der Waals surface area contributed by atoms with Crippen molar-refractivity contribution < 1.29 is 4.74 Å². The molecule has 0 bridgehead atoms. The van der Waals surface area contributed by atoms with Crippen LogP contribution >= 0.6 is 24.0 Å². The normalized spacial score (nSPS) is 15.8. The first-order valence-corrected chi connectivity index (χ1v) is 10.4. The first kappa shape index (κ1) is 25.0. The SMILES string of the molecule is CCNC(=NCc1cccc(N(C)C)c1)NCC1(CCOCC)CCCC1.I. The van der Waals surface area contributed by atoms with Crippen molar-refractivity contribution in [2.45, 2.75) is 52.5 Å². The fraction of sp³-hybridized carbons (Fsp3) is 0.682. The molecule has 5 nitrogen and oxygen atoms in total. The maximum absolute atomic E-state index is 5.63. The zero-order chi connectivity index (χ0) is 19.5. The number of guanidine groups is 1. The van der Waals surface area contributed by atoms with Gasteiger partial charge in [0.05, 0.1) is 6.54 Å². The number of benzene rings is 1. The molecule has 0 radical (unpaired) electrons. The van der Waals surface area contributed by atoms with Gasteiger partial charge in [-0.1, -0.05) is 25.0 Å². The Morgan fingerprint density at radius 3 is 2.57 bits per heavy atom. The van der Waals surface area contributed by atoms with Crippen LogP contribution in [0.3, 0.4) is 0 Å².